The van der Waals surface area contributed by atoms with Gasteiger partial charge in [0.25, 0.3) is 0 Å². The van der Waals surface area contributed by atoms with Gasteiger partial charge in [-0.2, -0.15) is 31.6 Å². The highest BCUT2D eigenvalue weighted by Gasteiger charge is 2.13. The average Bonchev–Trinajstić information content (AvgIpc) is 4.13. The third-order valence-electron chi connectivity index (χ3n) is 10.2. The van der Waals surface area contributed by atoms with Gasteiger partial charge < -0.3 is 4.90 Å². The highest BCUT2D eigenvalue weighted by molar-refractivity contribution is 7.20. The van der Waals surface area contributed by atoms with Gasteiger partial charge in [0.15, 0.2) is 0 Å². The van der Waals surface area contributed by atoms with Gasteiger partial charge in [0.1, 0.15) is 68.2 Å². The average molecular weight is 945 g/mol. The Labute approximate surface area is 413 Å². The van der Waals surface area contributed by atoms with Gasteiger partial charge in [-0.05, 0) is 127 Å². The number of allylic oxidation sites excluding steroid dienone is 3. The predicted octanol–water partition coefficient (Wildman–Crippen LogP) is 12.5. The lowest BCUT2D eigenvalue weighted by molar-refractivity contribution is 1.28. The fourth-order valence-corrected chi connectivity index (χ4v) is 9.70. The van der Waals surface area contributed by atoms with E-state index in [1.807, 2.05) is 164 Å². The molecule has 0 amide bonds. The SMILES string of the molecule is N#CC(C#N)=Cc1nc2ccc(C#Cc3ccc(N(c4ccc(C#Cc5ccc6nc(C=C(C#N)C#N)sc6c5)cc4)c4ccc(C#Cc5ccc6nc(C=C(C#N)C#N)sc6c5)cc4)cc3)cc2s1. The smallest absolute Gasteiger partial charge is 0.132 e. The molecule has 0 aliphatic carbocycles. The van der Waals surface area contributed by atoms with Crippen LogP contribution in [0.25, 0.3) is 48.9 Å². The van der Waals surface area contributed by atoms with Crippen LogP contribution in [-0.2, 0) is 0 Å². The Morgan fingerprint density at radius 3 is 0.843 bits per heavy atom. The Kier molecular flexibility index (Phi) is 13.1. The predicted molar refractivity (Wildman–Crippen MR) is 276 cm³/mol. The third kappa shape index (κ3) is 10.3. The molecule has 9 aromatic rings. The number of thiazole rings is 3. The lowest BCUT2D eigenvalue weighted by atomic mass is 10.1. The minimum absolute atomic E-state index is 0.00383. The summed E-state index contributed by atoms with van der Waals surface area (Å²) >= 11 is 4.17. The number of hydrogen-bond donors (Lipinski definition) is 0. The van der Waals surface area contributed by atoms with Crippen LogP contribution in [0.1, 0.15) is 48.4 Å². The van der Waals surface area contributed by atoms with Crippen molar-refractivity contribution >= 4 is 100.0 Å². The molecule has 320 valence electrons. The summed E-state index contributed by atoms with van der Waals surface area (Å²) in [5, 5.41) is 56.6. The number of benzene rings is 6. The van der Waals surface area contributed by atoms with E-state index in [0.29, 0.717) is 15.0 Å². The Hall–Kier alpha value is -10.4. The van der Waals surface area contributed by atoms with E-state index in [2.05, 4.69) is 55.4 Å². The molecule has 0 N–H and O–H groups in total. The minimum atomic E-state index is -0.00383. The largest absolute Gasteiger partial charge is 0.311 e. The lowest BCUT2D eigenvalue weighted by Crippen LogP contribution is -2.09. The first-order chi connectivity index (χ1) is 34.3. The molecule has 0 fully saturated rings. The van der Waals surface area contributed by atoms with E-state index in [4.69, 9.17) is 31.6 Å². The molecule has 0 unspecified atom stereocenters. The monoisotopic (exact) mass is 944 g/mol. The first-order valence-electron chi connectivity index (χ1n) is 20.7. The summed E-state index contributed by atoms with van der Waals surface area (Å²) in [7, 11) is 0. The molecular weight excluding hydrogens is 921 g/mol. The van der Waals surface area contributed by atoms with E-state index in [9.17, 15) is 0 Å². The van der Waals surface area contributed by atoms with Crippen molar-refractivity contribution in [2.75, 3.05) is 4.90 Å². The van der Waals surface area contributed by atoms with Crippen molar-refractivity contribution in [3.8, 4) is 71.9 Å². The van der Waals surface area contributed by atoms with E-state index in [0.717, 1.165) is 81.1 Å². The maximum absolute atomic E-state index is 9.15. The van der Waals surface area contributed by atoms with Crippen LogP contribution in [0.4, 0.5) is 17.1 Å². The summed E-state index contributed by atoms with van der Waals surface area (Å²) in [6.07, 6.45) is 4.45. The molecule has 0 radical (unpaired) electrons. The highest BCUT2D eigenvalue weighted by Crippen LogP contribution is 2.35. The summed E-state index contributed by atoms with van der Waals surface area (Å²) in [6.45, 7) is 0. The van der Waals surface area contributed by atoms with Crippen LogP contribution in [0.15, 0.2) is 144 Å². The van der Waals surface area contributed by atoms with Crippen LogP contribution in [0, 0.1) is 104 Å². The molecule has 3 aromatic heterocycles. The van der Waals surface area contributed by atoms with E-state index in [1.54, 1.807) is 0 Å². The van der Waals surface area contributed by atoms with Crippen molar-refractivity contribution in [1.29, 1.82) is 31.6 Å². The molecule has 13 heteroatoms. The van der Waals surface area contributed by atoms with Crippen molar-refractivity contribution in [3.63, 3.8) is 0 Å². The van der Waals surface area contributed by atoms with Crippen LogP contribution >= 0.6 is 34.0 Å². The maximum atomic E-state index is 9.15. The quantitative estimate of drug-likeness (QED) is 0.115. The molecule has 0 saturated carbocycles. The number of rotatable bonds is 6. The standard InChI is InChI=1S/C57H24N10S3/c58-31-43(32-59)28-55-64-49-22-13-40(25-52(49)68-55)4-1-37-7-16-46(17-8-37)67(47-18-9-38(10-19-47)2-5-41-14-23-50-53(26-41)69-56(65-50)29-44(33-60)34-61)48-20-11-39(12-21-48)3-6-42-15-24-51-54(27-42)70-57(66-51)30-45(35-62)36-63/h7-30H. The van der Waals surface area contributed by atoms with Crippen LogP contribution in [-0.4, -0.2) is 15.0 Å². The molecule has 0 saturated heterocycles. The van der Waals surface area contributed by atoms with Crippen molar-refractivity contribution in [1.82, 2.24) is 15.0 Å². The lowest BCUT2D eigenvalue weighted by Gasteiger charge is -2.25. The fraction of sp³-hybridized carbons (Fsp3) is 0. The van der Waals surface area contributed by atoms with Gasteiger partial charge in [-0.1, -0.05) is 35.5 Å². The summed E-state index contributed by atoms with van der Waals surface area (Å²) < 4.78 is 2.70. The number of hydrogen-bond acceptors (Lipinski definition) is 13. The highest BCUT2D eigenvalue weighted by atomic mass is 32.1. The molecule has 0 spiro atoms. The zero-order chi connectivity index (χ0) is 48.4. The van der Waals surface area contributed by atoms with Crippen molar-refractivity contribution in [2.45, 2.75) is 0 Å². The van der Waals surface area contributed by atoms with Gasteiger partial charge in [-0.15, -0.1) is 34.0 Å². The van der Waals surface area contributed by atoms with E-state index in [-0.39, 0.29) is 16.7 Å². The first kappa shape index (κ1) is 44.8. The molecule has 0 aliphatic rings. The number of nitriles is 6. The van der Waals surface area contributed by atoms with E-state index >= 15 is 0 Å². The number of nitrogens with zero attached hydrogens (tertiary/aromatic N) is 10. The topological polar surface area (TPSA) is 185 Å². The maximum Gasteiger partial charge on any atom is 0.132 e. The van der Waals surface area contributed by atoms with Gasteiger partial charge in [0.05, 0.1) is 30.6 Å². The van der Waals surface area contributed by atoms with E-state index < -0.39 is 0 Å². The van der Waals surface area contributed by atoms with Gasteiger partial charge in [0, 0.05) is 68.7 Å². The minimum Gasteiger partial charge on any atom is -0.311 e. The molecule has 10 nitrogen and oxygen atoms in total. The Bertz CT molecular complexity index is 3670. The van der Waals surface area contributed by atoms with Crippen LogP contribution in [0.5, 0.6) is 0 Å². The Balaban J connectivity index is 0.986. The fourth-order valence-electron chi connectivity index (χ4n) is 6.85. The summed E-state index contributed by atoms with van der Waals surface area (Å²) in [5.74, 6) is 19.6. The zero-order valence-electron chi connectivity index (χ0n) is 36.1. The van der Waals surface area contributed by atoms with Crippen LogP contribution in [0.3, 0.4) is 0 Å². The number of anilines is 3. The van der Waals surface area contributed by atoms with Crippen LogP contribution < -0.4 is 4.90 Å². The number of aromatic nitrogens is 3. The van der Waals surface area contributed by atoms with Gasteiger partial charge in [0.2, 0.25) is 0 Å². The zero-order valence-corrected chi connectivity index (χ0v) is 38.5. The Morgan fingerprint density at radius 2 is 0.586 bits per heavy atom. The second-order valence-electron chi connectivity index (χ2n) is 14.8. The summed E-state index contributed by atoms with van der Waals surface area (Å²) in [6, 6.07) is 52.4. The Morgan fingerprint density at radius 1 is 0.343 bits per heavy atom. The van der Waals surface area contributed by atoms with Gasteiger partial charge in [-0.3, -0.25) is 0 Å². The van der Waals surface area contributed by atoms with Crippen LogP contribution in [0.2, 0.25) is 0 Å². The van der Waals surface area contributed by atoms with Gasteiger partial charge >= 0.3 is 0 Å². The molecule has 6 aromatic carbocycles. The molecule has 70 heavy (non-hydrogen) atoms. The summed E-state index contributed by atoms with van der Waals surface area (Å²) in [5.41, 5.74) is 9.85. The molecule has 0 bridgehead atoms. The van der Waals surface area contributed by atoms with Crippen molar-refractivity contribution in [3.05, 3.63) is 193 Å². The molecule has 3 heterocycles. The number of fused-ring (bicyclic) bond motifs is 3. The van der Waals surface area contributed by atoms with E-state index in [1.165, 1.54) is 52.2 Å². The normalized spacial score (nSPS) is 9.86. The van der Waals surface area contributed by atoms with Crippen molar-refractivity contribution < 1.29 is 0 Å². The molecule has 0 atom stereocenters. The third-order valence-corrected chi connectivity index (χ3v) is 13.1. The van der Waals surface area contributed by atoms with Crippen molar-refractivity contribution in [2.24, 2.45) is 0 Å². The summed E-state index contributed by atoms with van der Waals surface area (Å²) in [4.78, 5) is 15.7. The second-order valence-corrected chi connectivity index (χ2v) is 18.0. The molecule has 0 aliphatic heterocycles. The molecule has 9 rings (SSSR count). The molecular formula is C57H24N10S3. The first-order valence-corrected chi connectivity index (χ1v) is 23.2. The van der Waals surface area contributed by atoms with Gasteiger partial charge in [-0.25, -0.2) is 15.0 Å². The second kappa shape index (κ2) is 20.4.